The zero-order valence-corrected chi connectivity index (χ0v) is 12.1. The van der Waals surface area contributed by atoms with Gasteiger partial charge >= 0.3 is 5.97 Å². The van der Waals surface area contributed by atoms with Crippen LogP contribution < -0.4 is 0 Å². The van der Waals surface area contributed by atoms with Gasteiger partial charge in [0, 0.05) is 11.4 Å². The van der Waals surface area contributed by atoms with Crippen LogP contribution in [0.1, 0.15) is 30.2 Å². The molecule has 0 saturated carbocycles. The summed E-state index contributed by atoms with van der Waals surface area (Å²) in [4.78, 5) is 11.5. The Kier molecular flexibility index (Phi) is 3.37. The molecule has 0 aliphatic carbocycles. The summed E-state index contributed by atoms with van der Waals surface area (Å²) in [6, 6.07) is 5.81. The van der Waals surface area contributed by atoms with Gasteiger partial charge in [0.05, 0.1) is 18.2 Å². The highest BCUT2D eigenvalue weighted by molar-refractivity contribution is 14.1. The lowest BCUT2D eigenvalue weighted by molar-refractivity contribution is 0.0601. The summed E-state index contributed by atoms with van der Waals surface area (Å²) >= 11 is 2.18. The Morgan fingerprint density at radius 1 is 1.47 bits per heavy atom. The molecule has 4 nitrogen and oxygen atoms in total. The van der Waals surface area contributed by atoms with E-state index in [1.807, 2.05) is 16.8 Å². The van der Waals surface area contributed by atoms with Crippen LogP contribution in [-0.4, -0.2) is 22.9 Å². The minimum absolute atomic E-state index is 0.296. The maximum atomic E-state index is 11.5. The highest BCUT2D eigenvalue weighted by Crippen LogP contribution is 2.24. The molecule has 0 unspecified atom stereocenters. The van der Waals surface area contributed by atoms with Gasteiger partial charge in [0.2, 0.25) is 0 Å². The largest absolute Gasteiger partial charge is 0.465 e. The van der Waals surface area contributed by atoms with Gasteiger partial charge in [-0.25, -0.2) is 4.79 Å². The molecule has 1 aromatic carbocycles. The minimum Gasteiger partial charge on any atom is -0.465 e. The molecule has 0 fully saturated rings. The topological polar surface area (TPSA) is 44.1 Å². The molecule has 2 aromatic rings. The summed E-state index contributed by atoms with van der Waals surface area (Å²) in [5.74, 6) is -0.319. The number of fused-ring (bicyclic) bond motifs is 1. The van der Waals surface area contributed by atoms with Crippen molar-refractivity contribution in [2.75, 3.05) is 7.11 Å². The van der Waals surface area contributed by atoms with E-state index in [1.54, 1.807) is 6.07 Å². The fraction of sp³-hybridized carbons (Fsp3) is 0.333. The number of hydrogen-bond acceptors (Lipinski definition) is 3. The quantitative estimate of drug-likeness (QED) is 0.621. The lowest BCUT2D eigenvalue weighted by atomic mass is 10.1. The third kappa shape index (κ3) is 2.15. The highest BCUT2D eigenvalue weighted by Gasteiger charge is 2.13. The Balaban J connectivity index is 2.63. The van der Waals surface area contributed by atoms with Crippen molar-refractivity contribution in [1.82, 2.24) is 9.78 Å². The second kappa shape index (κ2) is 4.64. The molecule has 0 aliphatic heterocycles. The number of rotatable bonds is 2. The van der Waals surface area contributed by atoms with Gasteiger partial charge in [-0.1, -0.05) is 0 Å². The van der Waals surface area contributed by atoms with E-state index in [-0.39, 0.29) is 5.97 Å². The lowest BCUT2D eigenvalue weighted by Gasteiger charge is -2.06. The molecule has 0 N–H and O–H groups in total. The standard InChI is InChI=1S/C12H13IN2O2/c1-7(2)15-10-5-4-8(12(16)17-3)6-9(10)11(13)14-15/h4-7H,1-3H3. The molecule has 1 aromatic heterocycles. The van der Waals surface area contributed by atoms with Crippen molar-refractivity contribution in [2.45, 2.75) is 19.9 Å². The van der Waals surface area contributed by atoms with Gasteiger partial charge in [0.1, 0.15) is 3.70 Å². The summed E-state index contributed by atoms with van der Waals surface area (Å²) in [6.45, 7) is 4.16. The zero-order valence-electron chi connectivity index (χ0n) is 9.90. The van der Waals surface area contributed by atoms with Crippen LogP contribution in [0.15, 0.2) is 18.2 Å². The molecule has 90 valence electrons. The Morgan fingerprint density at radius 3 is 2.76 bits per heavy atom. The summed E-state index contributed by atoms with van der Waals surface area (Å²) in [7, 11) is 1.38. The average Bonchev–Trinajstić information content (AvgIpc) is 2.65. The third-order valence-corrected chi connectivity index (χ3v) is 3.37. The van der Waals surface area contributed by atoms with E-state index in [1.165, 1.54) is 7.11 Å². The van der Waals surface area contributed by atoms with Gasteiger partial charge in [0.25, 0.3) is 0 Å². The van der Waals surface area contributed by atoms with Crippen LogP contribution in [0.2, 0.25) is 0 Å². The zero-order chi connectivity index (χ0) is 12.6. The monoisotopic (exact) mass is 344 g/mol. The summed E-state index contributed by atoms with van der Waals surface area (Å²) in [5, 5.41) is 5.45. The molecule has 0 radical (unpaired) electrons. The van der Waals surface area contributed by atoms with E-state index in [0.717, 1.165) is 14.6 Å². The predicted octanol–water partition coefficient (Wildman–Crippen LogP) is 3.01. The van der Waals surface area contributed by atoms with Gasteiger partial charge in [-0.3, -0.25) is 4.68 Å². The number of nitrogens with zero attached hydrogens (tertiary/aromatic N) is 2. The number of halogens is 1. The van der Waals surface area contributed by atoms with Crippen LogP contribution in [0.3, 0.4) is 0 Å². The fourth-order valence-electron chi connectivity index (χ4n) is 1.74. The van der Waals surface area contributed by atoms with Crippen molar-refractivity contribution in [3.05, 3.63) is 27.5 Å². The van der Waals surface area contributed by atoms with E-state index in [9.17, 15) is 4.79 Å². The van der Waals surface area contributed by atoms with E-state index >= 15 is 0 Å². The van der Waals surface area contributed by atoms with Gasteiger partial charge in [-0.2, -0.15) is 5.10 Å². The maximum Gasteiger partial charge on any atom is 0.337 e. The number of benzene rings is 1. The summed E-state index contributed by atoms with van der Waals surface area (Å²) < 4.78 is 7.57. The molecule has 0 saturated heterocycles. The predicted molar refractivity (Wildman–Crippen MR) is 74.2 cm³/mol. The van der Waals surface area contributed by atoms with E-state index in [4.69, 9.17) is 4.74 Å². The first-order valence-electron chi connectivity index (χ1n) is 5.30. The van der Waals surface area contributed by atoms with Crippen LogP contribution >= 0.6 is 22.6 Å². The molecule has 17 heavy (non-hydrogen) atoms. The van der Waals surface area contributed by atoms with Gasteiger partial charge < -0.3 is 4.74 Å². The van der Waals surface area contributed by atoms with Crippen molar-refractivity contribution in [2.24, 2.45) is 0 Å². The van der Waals surface area contributed by atoms with Crippen LogP contribution in [0.25, 0.3) is 10.9 Å². The molecule has 0 spiro atoms. The molecule has 5 heteroatoms. The first kappa shape index (κ1) is 12.3. The van der Waals surface area contributed by atoms with Crippen molar-refractivity contribution < 1.29 is 9.53 Å². The van der Waals surface area contributed by atoms with Gasteiger partial charge in [-0.15, -0.1) is 0 Å². The minimum atomic E-state index is -0.319. The number of aromatic nitrogens is 2. The van der Waals surface area contributed by atoms with Crippen molar-refractivity contribution in [3.63, 3.8) is 0 Å². The van der Waals surface area contributed by atoms with E-state index < -0.39 is 0 Å². The Labute approximate surface area is 113 Å². The SMILES string of the molecule is COC(=O)c1ccc2c(c1)c(I)nn2C(C)C. The molecule has 0 amide bonds. The molecule has 0 atom stereocenters. The number of carbonyl (C=O) groups excluding carboxylic acids is 1. The molecule has 0 bridgehead atoms. The first-order valence-corrected chi connectivity index (χ1v) is 6.38. The second-order valence-corrected chi connectivity index (χ2v) is 5.07. The molecule has 2 rings (SSSR count). The van der Waals surface area contributed by atoms with E-state index in [2.05, 4.69) is 41.5 Å². The van der Waals surface area contributed by atoms with E-state index in [0.29, 0.717) is 11.6 Å². The fourth-order valence-corrected chi connectivity index (χ4v) is 2.41. The lowest BCUT2D eigenvalue weighted by Crippen LogP contribution is -2.03. The smallest absolute Gasteiger partial charge is 0.337 e. The van der Waals surface area contributed by atoms with Crippen LogP contribution in [-0.2, 0) is 4.74 Å². The Bertz CT molecular complexity index is 575. The number of ether oxygens (including phenoxy) is 1. The number of carbonyl (C=O) groups is 1. The van der Waals surface area contributed by atoms with Crippen LogP contribution in [0.5, 0.6) is 0 Å². The number of hydrogen-bond donors (Lipinski definition) is 0. The average molecular weight is 344 g/mol. The normalized spacial score (nSPS) is 11.1. The highest BCUT2D eigenvalue weighted by atomic mass is 127. The summed E-state index contributed by atoms with van der Waals surface area (Å²) in [6.07, 6.45) is 0. The van der Waals surface area contributed by atoms with Crippen molar-refractivity contribution in [3.8, 4) is 0 Å². The molecule has 0 aliphatic rings. The Hall–Kier alpha value is -1.11. The second-order valence-electron chi connectivity index (χ2n) is 4.05. The van der Waals surface area contributed by atoms with Crippen LogP contribution in [0, 0.1) is 3.70 Å². The Morgan fingerprint density at radius 2 is 2.18 bits per heavy atom. The van der Waals surface area contributed by atoms with Crippen molar-refractivity contribution >= 4 is 39.5 Å². The first-order chi connectivity index (χ1) is 8.04. The summed E-state index contributed by atoms with van der Waals surface area (Å²) in [5.41, 5.74) is 1.60. The van der Waals surface area contributed by atoms with Crippen LogP contribution in [0.4, 0.5) is 0 Å². The molecular formula is C12H13IN2O2. The van der Waals surface area contributed by atoms with Gasteiger partial charge in [-0.05, 0) is 54.6 Å². The van der Waals surface area contributed by atoms with Gasteiger partial charge in [0.15, 0.2) is 0 Å². The molecule has 1 heterocycles. The third-order valence-electron chi connectivity index (χ3n) is 2.57. The number of esters is 1. The maximum absolute atomic E-state index is 11.5. The number of methoxy groups -OCH3 is 1. The van der Waals surface area contributed by atoms with Crippen molar-refractivity contribution in [1.29, 1.82) is 0 Å². The molecular weight excluding hydrogens is 331 g/mol.